The lowest BCUT2D eigenvalue weighted by atomic mass is 10.3. The summed E-state index contributed by atoms with van der Waals surface area (Å²) < 4.78 is 27.8. The summed E-state index contributed by atoms with van der Waals surface area (Å²) >= 11 is 0. The molecule has 5 nitrogen and oxygen atoms in total. The number of rotatable bonds is 12. The van der Waals surface area contributed by atoms with Gasteiger partial charge in [-0.1, -0.05) is 26.7 Å². The lowest BCUT2D eigenvalue weighted by Gasteiger charge is -2.18. The van der Waals surface area contributed by atoms with Crippen LogP contribution in [0.2, 0.25) is 0 Å². The van der Waals surface area contributed by atoms with E-state index in [9.17, 15) is 4.57 Å². The van der Waals surface area contributed by atoms with E-state index in [1.54, 1.807) is 6.92 Å². The molecule has 6 heteroatoms. The first-order chi connectivity index (χ1) is 8.54. The second-order valence-corrected chi connectivity index (χ2v) is 5.96. The second kappa shape index (κ2) is 10.9. The molecule has 0 aliphatic rings. The molecule has 0 saturated heterocycles. The van der Waals surface area contributed by atoms with E-state index in [1.165, 1.54) is 0 Å². The largest absolute Gasteiger partial charge is 0.474 e. The maximum Gasteiger partial charge on any atom is 0.474 e. The van der Waals surface area contributed by atoms with Gasteiger partial charge in [-0.15, -0.1) is 0 Å². The van der Waals surface area contributed by atoms with E-state index in [0.29, 0.717) is 19.6 Å². The summed E-state index contributed by atoms with van der Waals surface area (Å²) in [6.45, 7) is 6.63. The Morgan fingerprint density at radius 2 is 1.44 bits per heavy atom. The third-order valence-electron chi connectivity index (χ3n) is 2.28. The molecule has 110 valence electrons. The number of aliphatic hydroxyl groups is 1. The predicted molar refractivity (Wildman–Crippen MR) is 71.6 cm³/mol. The molecular formula is C12H27O5P. The highest BCUT2D eigenvalue weighted by Gasteiger charge is 2.26. The van der Waals surface area contributed by atoms with Gasteiger partial charge in [0.1, 0.15) is 0 Å². The smallest absolute Gasteiger partial charge is 0.393 e. The van der Waals surface area contributed by atoms with E-state index in [1.807, 2.05) is 13.8 Å². The average molecular weight is 282 g/mol. The molecule has 1 N–H and O–H groups in total. The fourth-order valence-electron chi connectivity index (χ4n) is 1.09. The van der Waals surface area contributed by atoms with Gasteiger partial charge in [-0.25, -0.2) is 4.57 Å². The Balaban J connectivity index is 4.07. The molecule has 1 unspecified atom stereocenters. The number of phosphoric ester groups is 1. The van der Waals surface area contributed by atoms with Crippen molar-refractivity contribution in [2.75, 3.05) is 19.8 Å². The van der Waals surface area contributed by atoms with Crippen molar-refractivity contribution in [2.24, 2.45) is 0 Å². The first-order valence-electron chi connectivity index (χ1n) is 6.75. The predicted octanol–water partition coefficient (Wildman–Crippen LogP) is 3.52. The molecule has 0 amide bonds. The summed E-state index contributed by atoms with van der Waals surface area (Å²) in [6.07, 6.45) is 3.50. The summed E-state index contributed by atoms with van der Waals surface area (Å²) in [5.74, 6) is 0. The first-order valence-corrected chi connectivity index (χ1v) is 8.21. The van der Waals surface area contributed by atoms with E-state index < -0.39 is 13.9 Å². The van der Waals surface area contributed by atoms with Crippen molar-refractivity contribution in [1.29, 1.82) is 0 Å². The quantitative estimate of drug-likeness (QED) is 0.438. The van der Waals surface area contributed by atoms with Crippen LogP contribution in [-0.4, -0.2) is 31.0 Å². The maximum atomic E-state index is 12.2. The fraction of sp³-hybridized carbons (Fsp3) is 1.00. The second-order valence-electron chi connectivity index (χ2n) is 4.29. The Kier molecular flexibility index (Phi) is 11.0. The summed E-state index contributed by atoms with van der Waals surface area (Å²) in [7, 11) is -3.45. The van der Waals surface area contributed by atoms with Crippen LogP contribution in [0.3, 0.4) is 0 Å². The van der Waals surface area contributed by atoms with Crippen LogP contribution < -0.4 is 0 Å². The molecule has 0 radical (unpaired) electrons. The number of aliphatic hydroxyl groups excluding tert-OH is 1. The van der Waals surface area contributed by atoms with E-state index in [4.69, 9.17) is 18.7 Å². The Labute approximate surface area is 110 Å². The minimum atomic E-state index is -3.45. The van der Waals surface area contributed by atoms with Crippen molar-refractivity contribution in [2.45, 2.75) is 59.0 Å². The van der Waals surface area contributed by atoms with E-state index in [0.717, 1.165) is 25.7 Å². The van der Waals surface area contributed by atoms with Gasteiger partial charge in [-0.2, -0.15) is 0 Å². The first kappa shape index (κ1) is 18.1. The van der Waals surface area contributed by atoms with Crippen molar-refractivity contribution in [3.8, 4) is 0 Å². The molecule has 0 aromatic rings. The summed E-state index contributed by atoms with van der Waals surface area (Å²) in [6, 6.07) is 0. The normalized spacial score (nSPS) is 13.8. The summed E-state index contributed by atoms with van der Waals surface area (Å²) in [5, 5.41) is 9.13. The van der Waals surface area contributed by atoms with Gasteiger partial charge in [0.25, 0.3) is 0 Å². The van der Waals surface area contributed by atoms with Crippen LogP contribution in [0.4, 0.5) is 0 Å². The minimum Gasteiger partial charge on any atom is -0.393 e. The van der Waals surface area contributed by atoms with Crippen LogP contribution in [0.25, 0.3) is 0 Å². The molecular weight excluding hydrogens is 255 g/mol. The molecule has 0 aromatic heterocycles. The molecule has 0 bridgehead atoms. The van der Waals surface area contributed by atoms with Crippen LogP contribution in [0.5, 0.6) is 0 Å². The molecule has 0 aliphatic heterocycles. The van der Waals surface area contributed by atoms with Gasteiger partial charge >= 0.3 is 7.82 Å². The third kappa shape index (κ3) is 10.0. The maximum absolute atomic E-state index is 12.2. The van der Waals surface area contributed by atoms with Gasteiger partial charge in [0, 0.05) is 0 Å². The molecule has 0 saturated carbocycles. The van der Waals surface area contributed by atoms with Gasteiger partial charge in [0.2, 0.25) is 0 Å². The Hall–Kier alpha value is 0.0700. The highest BCUT2D eigenvalue weighted by atomic mass is 31.2. The Morgan fingerprint density at radius 3 is 1.83 bits per heavy atom. The molecule has 0 rings (SSSR count). The number of unbranched alkanes of at least 4 members (excludes halogenated alkanes) is 2. The SMILES string of the molecule is CCCCOP(=O)(OCCCC)OCCC(C)O. The number of hydrogen-bond donors (Lipinski definition) is 1. The zero-order valence-corrected chi connectivity index (χ0v) is 12.7. The zero-order chi connectivity index (χ0) is 13.9. The molecule has 0 spiro atoms. The molecule has 1 atom stereocenters. The van der Waals surface area contributed by atoms with E-state index >= 15 is 0 Å². The molecule has 18 heavy (non-hydrogen) atoms. The molecule has 0 aromatic carbocycles. The molecule has 0 fully saturated rings. The van der Waals surface area contributed by atoms with Gasteiger partial charge in [-0.05, 0) is 26.2 Å². The lowest BCUT2D eigenvalue weighted by molar-refractivity contribution is 0.0932. The number of phosphoric acid groups is 1. The Morgan fingerprint density at radius 1 is 1.00 bits per heavy atom. The summed E-state index contributed by atoms with van der Waals surface area (Å²) in [4.78, 5) is 0. The van der Waals surface area contributed by atoms with Gasteiger partial charge in [-0.3, -0.25) is 13.6 Å². The van der Waals surface area contributed by atoms with Gasteiger partial charge in [0.05, 0.1) is 25.9 Å². The van der Waals surface area contributed by atoms with Crippen molar-refractivity contribution in [1.82, 2.24) is 0 Å². The van der Waals surface area contributed by atoms with Crippen molar-refractivity contribution < 1.29 is 23.2 Å². The highest BCUT2D eigenvalue weighted by Crippen LogP contribution is 2.49. The van der Waals surface area contributed by atoms with Crippen molar-refractivity contribution in [3.05, 3.63) is 0 Å². The fourth-order valence-corrected chi connectivity index (χ4v) is 2.35. The van der Waals surface area contributed by atoms with Gasteiger partial charge in [0.15, 0.2) is 0 Å². The van der Waals surface area contributed by atoms with E-state index in [-0.39, 0.29) is 6.61 Å². The average Bonchev–Trinajstić information content (AvgIpc) is 2.29. The van der Waals surface area contributed by atoms with Crippen molar-refractivity contribution in [3.63, 3.8) is 0 Å². The van der Waals surface area contributed by atoms with Crippen LogP contribution in [0, 0.1) is 0 Å². The monoisotopic (exact) mass is 282 g/mol. The molecule has 0 heterocycles. The van der Waals surface area contributed by atoms with Crippen LogP contribution in [-0.2, 0) is 18.1 Å². The molecule has 0 aliphatic carbocycles. The third-order valence-corrected chi connectivity index (χ3v) is 3.78. The van der Waals surface area contributed by atoms with Gasteiger partial charge < -0.3 is 5.11 Å². The van der Waals surface area contributed by atoms with Crippen molar-refractivity contribution >= 4 is 7.82 Å². The highest BCUT2D eigenvalue weighted by molar-refractivity contribution is 7.48. The topological polar surface area (TPSA) is 65.0 Å². The van der Waals surface area contributed by atoms with Crippen LogP contribution >= 0.6 is 7.82 Å². The van der Waals surface area contributed by atoms with Crippen LogP contribution in [0.1, 0.15) is 52.9 Å². The van der Waals surface area contributed by atoms with E-state index in [2.05, 4.69) is 0 Å². The Bertz CT molecular complexity index is 219. The lowest BCUT2D eigenvalue weighted by Crippen LogP contribution is -2.08. The minimum absolute atomic E-state index is 0.174. The number of hydrogen-bond acceptors (Lipinski definition) is 5. The standard InChI is InChI=1S/C12H27O5P/c1-4-6-9-15-18(14,16-10-7-5-2)17-11-8-12(3)13/h12-13H,4-11H2,1-3H3. The zero-order valence-electron chi connectivity index (χ0n) is 11.8. The van der Waals surface area contributed by atoms with Crippen LogP contribution in [0.15, 0.2) is 0 Å². The summed E-state index contributed by atoms with van der Waals surface area (Å²) in [5.41, 5.74) is 0.